The molecule has 0 amide bonds. The molecule has 0 aliphatic carbocycles. The van der Waals surface area contributed by atoms with Gasteiger partial charge >= 0.3 is 45.8 Å². The van der Waals surface area contributed by atoms with E-state index in [9.17, 15) is 69.9 Å². The summed E-state index contributed by atoms with van der Waals surface area (Å²) >= 11 is 0. The van der Waals surface area contributed by atoms with E-state index in [-0.39, 0.29) is 0 Å². The molecule has 0 rings (SSSR count). The molecule has 0 aromatic rings. The van der Waals surface area contributed by atoms with Gasteiger partial charge in [-0.25, -0.2) is 4.39 Å². The van der Waals surface area contributed by atoms with E-state index >= 15 is 0 Å². The smallest absolute Gasteiger partial charge is 0.281 e. The molecule has 0 heterocycles. The molecule has 20 heteroatoms. The number of ether oxygens (including phenoxy) is 2. The molecule has 0 aromatic carbocycles. The zero-order chi connectivity index (χ0) is 22.5. The van der Waals surface area contributed by atoms with Gasteiger partial charge in [-0.05, 0) is 0 Å². The Balaban J connectivity index is 6.29. The fourth-order valence-electron chi connectivity index (χ4n) is 0.941. The predicted octanol–water partition coefficient (Wildman–Crippen LogP) is 3.77. The van der Waals surface area contributed by atoms with Gasteiger partial charge in [-0.3, -0.25) is 14.0 Å². The summed E-state index contributed by atoms with van der Waals surface area (Å²) < 4.78 is 206. The van der Waals surface area contributed by atoms with E-state index in [4.69, 9.17) is 4.55 Å². The van der Waals surface area contributed by atoms with Gasteiger partial charge in [0.05, 0.1) is 0 Å². The van der Waals surface area contributed by atoms with Gasteiger partial charge in [0, 0.05) is 0 Å². The van der Waals surface area contributed by atoms with Crippen LogP contribution in [0, 0.1) is 0 Å². The first-order valence-electron chi connectivity index (χ1n) is 5.28. The van der Waals surface area contributed by atoms with Gasteiger partial charge in [-0.15, -0.1) is 0 Å². The second-order valence-electron chi connectivity index (χ2n) is 4.20. The van der Waals surface area contributed by atoms with Crippen LogP contribution in [-0.2, 0) is 19.6 Å². The molecule has 0 saturated heterocycles. The Labute approximate surface area is 137 Å². The highest BCUT2D eigenvalue weighted by molar-refractivity contribution is 7.86. The van der Waals surface area contributed by atoms with Crippen molar-refractivity contribution >= 4 is 10.1 Å². The van der Waals surface area contributed by atoms with Crippen molar-refractivity contribution in [2.45, 2.75) is 42.0 Å². The highest BCUT2D eigenvalue weighted by Crippen LogP contribution is 2.53. The van der Waals surface area contributed by atoms with Gasteiger partial charge in [0.15, 0.2) is 0 Å². The summed E-state index contributed by atoms with van der Waals surface area (Å²) in [7, 11) is -7.45. The van der Waals surface area contributed by atoms with Crippen LogP contribution in [0.4, 0.5) is 61.5 Å². The molecule has 0 bridgehead atoms. The molecule has 0 aliphatic heterocycles. The fraction of sp³-hybridized carbons (Fsp3) is 1.00. The minimum absolute atomic E-state index is 1.44. The minimum Gasteiger partial charge on any atom is -0.281 e. The Hall–Kier alpha value is -1.15. The lowest BCUT2D eigenvalue weighted by molar-refractivity contribution is -0.526. The SMILES string of the molecule is O=S(=O)(O)C(F)(F)C(F)(F)OC(F)(C(F)(F)F)C(F)(F)OC(F)C(F)(F)F. The molecule has 5 nitrogen and oxygen atoms in total. The average Bonchev–Trinajstić information content (AvgIpc) is 2.33. The normalized spacial score (nSPS) is 18.9. The van der Waals surface area contributed by atoms with Crippen LogP contribution in [0.3, 0.4) is 0 Å². The largest absolute Gasteiger partial charge is 0.460 e. The summed E-state index contributed by atoms with van der Waals surface area (Å²) in [6.07, 6.45) is -34.6. The third kappa shape index (κ3) is 4.83. The van der Waals surface area contributed by atoms with Crippen molar-refractivity contribution < 1.29 is 83.9 Å². The van der Waals surface area contributed by atoms with Gasteiger partial charge in [0.25, 0.3) is 6.36 Å². The lowest BCUT2D eigenvalue weighted by Crippen LogP contribution is -2.65. The van der Waals surface area contributed by atoms with Crippen molar-refractivity contribution in [3.8, 4) is 0 Å². The summed E-state index contributed by atoms with van der Waals surface area (Å²) in [6, 6.07) is 0. The number of alkyl halides is 14. The summed E-state index contributed by atoms with van der Waals surface area (Å²) in [5.41, 5.74) is 0. The zero-order valence-corrected chi connectivity index (χ0v) is 12.2. The van der Waals surface area contributed by atoms with Crippen molar-refractivity contribution in [2.24, 2.45) is 0 Å². The molecule has 164 valence electrons. The summed E-state index contributed by atoms with van der Waals surface area (Å²) in [5, 5.41) is -7.22. The number of hydrogen-bond donors (Lipinski definition) is 1. The van der Waals surface area contributed by atoms with Crippen LogP contribution in [0.2, 0.25) is 0 Å². The highest BCUT2D eigenvalue weighted by atomic mass is 32.2. The molecule has 27 heavy (non-hydrogen) atoms. The van der Waals surface area contributed by atoms with Crippen LogP contribution in [0.25, 0.3) is 0 Å². The van der Waals surface area contributed by atoms with E-state index in [1.165, 1.54) is 4.74 Å². The van der Waals surface area contributed by atoms with Gasteiger partial charge in [0.1, 0.15) is 0 Å². The van der Waals surface area contributed by atoms with Crippen LogP contribution in [0.15, 0.2) is 0 Å². The van der Waals surface area contributed by atoms with Crippen LogP contribution < -0.4 is 0 Å². The number of halogens is 14. The third-order valence-electron chi connectivity index (χ3n) is 2.18. The second kappa shape index (κ2) is 6.72. The lowest BCUT2D eigenvalue weighted by atomic mass is 10.2. The van der Waals surface area contributed by atoms with Crippen LogP contribution in [-0.4, -0.2) is 55.0 Å². The number of rotatable bonds is 7. The highest BCUT2D eigenvalue weighted by Gasteiger charge is 2.82. The van der Waals surface area contributed by atoms with Crippen LogP contribution in [0.5, 0.6) is 0 Å². The predicted molar refractivity (Wildman–Crippen MR) is 49.4 cm³/mol. The summed E-state index contributed by atoms with van der Waals surface area (Å²) in [6.45, 7) is 0. The Bertz CT molecular complexity index is 637. The second-order valence-corrected chi connectivity index (χ2v) is 5.66. The van der Waals surface area contributed by atoms with Crippen molar-refractivity contribution in [1.29, 1.82) is 0 Å². The van der Waals surface area contributed by atoms with E-state index in [1.54, 1.807) is 4.74 Å². The van der Waals surface area contributed by atoms with E-state index in [2.05, 4.69) is 0 Å². The average molecular weight is 464 g/mol. The molecule has 0 aliphatic rings. The maximum absolute atomic E-state index is 13.4. The molecule has 2 unspecified atom stereocenters. The number of hydrogen-bond acceptors (Lipinski definition) is 4. The Morgan fingerprint density at radius 3 is 1.37 bits per heavy atom. The summed E-state index contributed by atoms with van der Waals surface area (Å²) in [4.78, 5) is 0. The van der Waals surface area contributed by atoms with E-state index < -0.39 is 52.2 Å². The topological polar surface area (TPSA) is 72.8 Å². The Kier molecular flexibility index (Phi) is 6.44. The molecular weight excluding hydrogens is 462 g/mol. The summed E-state index contributed by atoms with van der Waals surface area (Å²) in [5.74, 6) is -7.66. The molecule has 0 fully saturated rings. The first kappa shape index (κ1) is 25.8. The van der Waals surface area contributed by atoms with Crippen molar-refractivity contribution in [2.75, 3.05) is 0 Å². The van der Waals surface area contributed by atoms with Gasteiger partial charge in [0.2, 0.25) is 0 Å². The molecule has 2 atom stereocenters. The third-order valence-corrected chi connectivity index (χ3v) is 3.06. The molecule has 0 radical (unpaired) electrons. The first-order chi connectivity index (χ1) is 11.3. The quantitative estimate of drug-likeness (QED) is 0.459. The minimum atomic E-state index is -7.66. The van der Waals surface area contributed by atoms with E-state index in [1.807, 2.05) is 0 Å². The molecule has 1 N–H and O–H groups in total. The lowest BCUT2D eigenvalue weighted by Gasteiger charge is -2.37. The van der Waals surface area contributed by atoms with Crippen molar-refractivity contribution in [1.82, 2.24) is 0 Å². The monoisotopic (exact) mass is 464 g/mol. The van der Waals surface area contributed by atoms with Crippen molar-refractivity contribution in [3.05, 3.63) is 0 Å². The van der Waals surface area contributed by atoms with Crippen LogP contribution >= 0.6 is 0 Å². The zero-order valence-electron chi connectivity index (χ0n) is 11.4. The molecule has 0 aromatic heterocycles. The molecular formula is C7H2F14O5S. The Morgan fingerprint density at radius 2 is 1.11 bits per heavy atom. The Morgan fingerprint density at radius 1 is 0.741 bits per heavy atom. The molecule has 0 spiro atoms. The van der Waals surface area contributed by atoms with E-state index in [0.717, 1.165) is 0 Å². The maximum Gasteiger partial charge on any atom is 0.460 e. The molecule has 0 saturated carbocycles. The van der Waals surface area contributed by atoms with Gasteiger partial charge < -0.3 is 0 Å². The fourth-order valence-corrected chi connectivity index (χ4v) is 1.28. The standard InChI is InChI=1S/C7H2F14O5S/c8-1(2(9,10)11)25-5(16,17)3(12,4(13,14)15)26-6(18,19)7(20,21)27(22,23)24/h1H,(H,22,23,24). The van der Waals surface area contributed by atoms with Crippen molar-refractivity contribution in [3.63, 3.8) is 0 Å². The van der Waals surface area contributed by atoms with Gasteiger partial charge in [-0.1, -0.05) is 0 Å². The van der Waals surface area contributed by atoms with Gasteiger partial charge in [-0.2, -0.15) is 65.5 Å². The van der Waals surface area contributed by atoms with E-state index in [0.29, 0.717) is 0 Å². The maximum atomic E-state index is 13.4. The van der Waals surface area contributed by atoms with Crippen LogP contribution in [0.1, 0.15) is 0 Å². The first-order valence-corrected chi connectivity index (χ1v) is 6.72.